The van der Waals surface area contributed by atoms with E-state index in [1.165, 1.54) is 13.2 Å². The summed E-state index contributed by atoms with van der Waals surface area (Å²) < 4.78 is 18.3. The Balaban J connectivity index is 2.43. The molecule has 92 valence electrons. The number of hydrogen-bond donors (Lipinski definition) is 1. The Hall–Kier alpha value is -1.62. The van der Waals surface area contributed by atoms with Gasteiger partial charge in [0.1, 0.15) is 0 Å². The van der Waals surface area contributed by atoms with Crippen LogP contribution in [0, 0.1) is 5.95 Å². The first-order valence-corrected chi connectivity index (χ1v) is 5.47. The Morgan fingerprint density at radius 3 is 2.88 bits per heavy atom. The minimum Gasteiger partial charge on any atom is -0.480 e. The zero-order valence-corrected chi connectivity index (χ0v) is 10.2. The number of methoxy groups -OCH3 is 1. The molecule has 0 saturated heterocycles. The number of nitrogens with one attached hydrogen (secondary N) is 1. The first kappa shape index (κ1) is 11.9. The minimum absolute atomic E-state index is 0.343. The zero-order valence-electron chi connectivity index (χ0n) is 10.2. The lowest BCUT2D eigenvalue weighted by molar-refractivity contribution is 0.392. The third-order valence-corrected chi connectivity index (χ3v) is 2.70. The van der Waals surface area contributed by atoms with Crippen LogP contribution >= 0.6 is 0 Å². The van der Waals surface area contributed by atoms with Gasteiger partial charge in [-0.3, -0.25) is 0 Å². The fourth-order valence-electron chi connectivity index (χ4n) is 1.84. The number of rotatable bonds is 4. The Morgan fingerprint density at radius 1 is 1.47 bits per heavy atom. The summed E-state index contributed by atoms with van der Waals surface area (Å²) in [6.45, 7) is 0.924. The minimum atomic E-state index is -0.532. The van der Waals surface area contributed by atoms with E-state index in [9.17, 15) is 4.39 Å². The third-order valence-electron chi connectivity index (χ3n) is 2.70. The molecule has 0 aromatic carbocycles. The molecule has 0 aliphatic carbocycles. The number of fused-ring (bicyclic) bond motifs is 1. The van der Waals surface area contributed by atoms with Gasteiger partial charge in [-0.25, -0.2) is 0 Å². The molecule has 2 rings (SSSR count). The van der Waals surface area contributed by atoms with Crippen LogP contribution in [0.25, 0.3) is 10.9 Å². The second-order valence-corrected chi connectivity index (χ2v) is 4.24. The van der Waals surface area contributed by atoms with Crippen LogP contribution in [0.1, 0.15) is 5.56 Å². The first-order chi connectivity index (χ1) is 8.11. The van der Waals surface area contributed by atoms with Crippen molar-refractivity contribution in [3.8, 4) is 5.88 Å². The van der Waals surface area contributed by atoms with E-state index < -0.39 is 5.95 Å². The van der Waals surface area contributed by atoms with Crippen molar-refractivity contribution in [3.05, 3.63) is 23.8 Å². The molecule has 1 N–H and O–H groups in total. The van der Waals surface area contributed by atoms with Crippen LogP contribution in [0.15, 0.2) is 12.3 Å². The standard InChI is InChI=1S/C12H16FN3O/c1-16(2)5-4-8-7-14-9-6-10(13)15-12(17-3)11(8)9/h6-7,14H,4-5H2,1-3H3. The van der Waals surface area contributed by atoms with Crippen molar-refractivity contribution in [3.63, 3.8) is 0 Å². The number of nitrogens with zero attached hydrogens (tertiary/aromatic N) is 2. The van der Waals surface area contributed by atoms with Crippen molar-refractivity contribution in [2.45, 2.75) is 6.42 Å². The van der Waals surface area contributed by atoms with Gasteiger partial charge in [-0.05, 0) is 26.1 Å². The van der Waals surface area contributed by atoms with Gasteiger partial charge in [-0.2, -0.15) is 9.37 Å². The van der Waals surface area contributed by atoms with Crippen LogP contribution in [0.5, 0.6) is 5.88 Å². The number of aromatic nitrogens is 2. The molecule has 5 heteroatoms. The van der Waals surface area contributed by atoms with Crippen LogP contribution < -0.4 is 4.74 Å². The molecular formula is C12H16FN3O. The molecule has 0 amide bonds. The molecule has 0 atom stereocenters. The fourth-order valence-corrected chi connectivity index (χ4v) is 1.84. The molecule has 0 bridgehead atoms. The molecule has 0 radical (unpaired) electrons. The highest BCUT2D eigenvalue weighted by Gasteiger charge is 2.12. The van der Waals surface area contributed by atoms with Crippen molar-refractivity contribution in [1.29, 1.82) is 0 Å². The number of hydrogen-bond acceptors (Lipinski definition) is 3. The maximum Gasteiger partial charge on any atom is 0.225 e. The predicted octanol–water partition coefficient (Wildman–Crippen LogP) is 1.81. The van der Waals surface area contributed by atoms with E-state index in [2.05, 4.69) is 14.9 Å². The molecule has 0 aliphatic rings. The fraction of sp³-hybridized carbons (Fsp3) is 0.417. The van der Waals surface area contributed by atoms with E-state index in [-0.39, 0.29) is 0 Å². The third kappa shape index (κ3) is 2.39. The van der Waals surface area contributed by atoms with E-state index in [0.29, 0.717) is 5.88 Å². The largest absolute Gasteiger partial charge is 0.480 e. The van der Waals surface area contributed by atoms with Crippen molar-refractivity contribution in [2.75, 3.05) is 27.7 Å². The van der Waals surface area contributed by atoms with E-state index in [1.807, 2.05) is 20.3 Å². The van der Waals surface area contributed by atoms with Gasteiger partial charge >= 0.3 is 0 Å². The summed E-state index contributed by atoms with van der Waals surface area (Å²) in [7, 11) is 5.54. The van der Waals surface area contributed by atoms with Gasteiger partial charge in [-0.15, -0.1) is 0 Å². The molecule has 0 spiro atoms. The highest BCUT2D eigenvalue weighted by molar-refractivity contribution is 5.87. The highest BCUT2D eigenvalue weighted by Crippen LogP contribution is 2.27. The van der Waals surface area contributed by atoms with Crippen LogP contribution in [-0.2, 0) is 6.42 Å². The second kappa shape index (κ2) is 4.71. The summed E-state index contributed by atoms with van der Waals surface area (Å²) in [6.07, 6.45) is 2.76. The smallest absolute Gasteiger partial charge is 0.225 e. The Bertz CT molecular complexity index is 522. The van der Waals surface area contributed by atoms with Crippen molar-refractivity contribution >= 4 is 10.9 Å². The van der Waals surface area contributed by atoms with E-state index in [0.717, 1.165) is 29.4 Å². The van der Waals surface area contributed by atoms with Crippen LogP contribution in [0.2, 0.25) is 0 Å². The molecule has 4 nitrogen and oxygen atoms in total. The zero-order chi connectivity index (χ0) is 12.4. The lowest BCUT2D eigenvalue weighted by Gasteiger charge is -2.09. The van der Waals surface area contributed by atoms with Gasteiger partial charge in [0.15, 0.2) is 0 Å². The number of aromatic amines is 1. The van der Waals surface area contributed by atoms with Gasteiger partial charge in [0.2, 0.25) is 11.8 Å². The average Bonchev–Trinajstić information content (AvgIpc) is 2.68. The molecule has 0 fully saturated rings. The number of halogens is 1. The van der Waals surface area contributed by atoms with Crippen LogP contribution in [-0.4, -0.2) is 42.6 Å². The summed E-state index contributed by atoms with van der Waals surface area (Å²) in [4.78, 5) is 8.91. The monoisotopic (exact) mass is 237 g/mol. The molecule has 0 unspecified atom stereocenters. The van der Waals surface area contributed by atoms with Gasteiger partial charge in [-0.1, -0.05) is 0 Å². The van der Waals surface area contributed by atoms with Crippen LogP contribution in [0.4, 0.5) is 4.39 Å². The molecule has 17 heavy (non-hydrogen) atoms. The number of likely N-dealkylation sites (N-methyl/N-ethyl adjacent to an activating group) is 1. The molecular weight excluding hydrogens is 221 g/mol. The summed E-state index contributed by atoms with van der Waals surface area (Å²) in [5.74, 6) is -0.189. The second-order valence-electron chi connectivity index (χ2n) is 4.24. The number of H-pyrrole nitrogens is 1. The number of pyridine rings is 1. The topological polar surface area (TPSA) is 41.1 Å². The van der Waals surface area contributed by atoms with E-state index >= 15 is 0 Å². The average molecular weight is 237 g/mol. The van der Waals surface area contributed by atoms with Crippen LogP contribution in [0.3, 0.4) is 0 Å². The lowest BCUT2D eigenvalue weighted by Crippen LogP contribution is -2.14. The van der Waals surface area contributed by atoms with Crippen molar-refractivity contribution < 1.29 is 9.13 Å². The Labute approximate surface area is 99.4 Å². The Morgan fingerprint density at radius 2 is 2.24 bits per heavy atom. The number of ether oxygens (including phenoxy) is 1. The van der Waals surface area contributed by atoms with Gasteiger partial charge in [0.05, 0.1) is 18.0 Å². The van der Waals surface area contributed by atoms with Crippen molar-refractivity contribution in [1.82, 2.24) is 14.9 Å². The lowest BCUT2D eigenvalue weighted by atomic mass is 10.1. The van der Waals surface area contributed by atoms with E-state index in [1.54, 1.807) is 0 Å². The maximum atomic E-state index is 13.2. The van der Waals surface area contributed by atoms with Gasteiger partial charge < -0.3 is 14.6 Å². The highest BCUT2D eigenvalue weighted by atomic mass is 19.1. The molecule has 2 aromatic heterocycles. The maximum absolute atomic E-state index is 13.2. The van der Waals surface area contributed by atoms with Gasteiger partial charge in [0.25, 0.3) is 0 Å². The normalized spacial score (nSPS) is 11.4. The van der Waals surface area contributed by atoms with Gasteiger partial charge in [0, 0.05) is 18.8 Å². The quantitative estimate of drug-likeness (QED) is 0.825. The summed E-state index contributed by atoms with van der Waals surface area (Å²) >= 11 is 0. The SMILES string of the molecule is COc1nc(F)cc2[nH]cc(CCN(C)C)c12. The molecule has 0 aliphatic heterocycles. The molecule has 0 saturated carbocycles. The summed E-state index contributed by atoms with van der Waals surface area (Å²) in [6, 6.07) is 1.39. The molecule has 2 aromatic rings. The summed E-state index contributed by atoms with van der Waals surface area (Å²) in [5.41, 5.74) is 1.82. The first-order valence-electron chi connectivity index (χ1n) is 5.47. The van der Waals surface area contributed by atoms with E-state index in [4.69, 9.17) is 4.74 Å². The van der Waals surface area contributed by atoms with Crippen molar-refractivity contribution in [2.24, 2.45) is 0 Å². The predicted molar refractivity (Wildman–Crippen MR) is 64.9 cm³/mol. The Kier molecular flexibility index (Phi) is 3.28. The summed E-state index contributed by atoms with van der Waals surface area (Å²) in [5, 5.41) is 0.871. The molecule has 2 heterocycles.